The molecular weight excluding hydrogens is 244 g/mol. The molecule has 2 heteroatoms. The summed E-state index contributed by atoms with van der Waals surface area (Å²) in [4.78, 5) is 0. The fourth-order valence-electron chi connectivity index (χ4n) is 3.10. The molecular formula is C18H38N2. The number of hydrogen-bond donors (Lipinski definition) is 2. The van der Waals surface area contributed by atoms with Crippen LogP contribution in [-0.4, -0.2) is 18.6 Å². The maximum absolute atomic E-state index is 6.35. The Hall–Kier alpha value is -0.0800. The minimum atomic E-state index is 0.364. The van der Waals surface area contributed by atoms with Crippen LogP contribution in [0.3, 0.4) is 0 Å². The molecule has 1 saturated carbocycles. The zero-order valence-electron chi connectivity index (χ0n) is 14.4. The first kappa shape index (κ1) is 18.0. The Labute approximate surface area is 127 Å². The van der Waals surface area contributed by atoms with Gasteiger partial charge in [0.1, 0.15) is 0 Å². The SMILES string of the molecule is CC(NCCCCCC(N)C1CCCCC1)C(C)(C)C. The zero-order chi connectivity index (χ0) is 15.0. The maximum atomic E-state index is 6.35. The Bertz CT molecular complexity index is 238. The summed E-state index contributed by atoms with van der Waals surface area (Å²) in [5.41, 5.74) is 6.72. The predicted octanol–water partition coefficient (Wildman–Crippen LogP) is 4.48. The Balaban J connectivity index is 1.99. The van der Waals surface area contributed by atoms with Crippen LogP contribution in [0.1, 0.15) is 85.5 Å². The summed E-state index contributed by atoms with van der Waals surface area (Å²) in [5.74, 6) is 0.822. The van der Waals surface area contributed by atoms with Gasteiger partial charge in [-0.25, -0.2) is 0 Å². The van der Waals surface area contributed by atoms with Crippen molar-refractivity contribution < 1.29 is 0 Å². The molecule has 20 heavy (non-hydrogen) atoms. The third-order valence-electron chi connectivity index (χ3n) is 5.22. The monoisotopic (exact) mass is 282 g/mol. The van der Waals surface area contributed by atoms with Gasteiger partial charge in [-0.05, 0) is 50.5 Å². The molecule has 1 fully saturated rings. The Morgan fingerprint density at radius 3 is 2.30 bits per heavy atom. The van der Waals surface area contributed by atoms with E-state index in [-0.39, 0.29) is 0 Å². The van der Waals surface area contributed by atoms with Gasteiger partial charge in [0.2, 0.25) is 0 Å². The third-order valence-corrected chi connectivity index (χ3v) is 5.22. The van der Waals surface area contributed by atoms with Crippen molar-refractivity contribution in [2.24, 2.45) is 17.1 Å². The van der Waals surface area contributed by atoms with Gasteiger partial charge in [-0.2, -0.15) is 0 Å². The molecule has 0 aliphatic heterocycles. The minimum Gasteiger partial charge on any atom is -0.327 e. The Kier molecular flexibility index (Phi) is 8.13. The van der Waals surface area contributed by atoms with E-state index in [1.54, 1.807) is 0 Å². The second-order valence-electron chi connectivity index (χ2n) is 7.95. The summed E-state index contributed by atoms with van der Waals surface area (Å²) < 4.78 is 0. The largest absolute Gasteiger partial charge is 0.327 e. The molecule has 1 aliphatic rings. The first-order valence-electron chi connectivity index (χ1n) is 8.90. The Morgan fingerprint density at radius 1 is 1.05 bits per heavy atom. The van der Waals surface area contributed by atoms with Crippen molar-refractivity contribution in [1.82, 2.24) is 5.32 Å². The van der Waals surface area contributed by atoms with Crippen LogP contribution < -0.4 is 11.1 Å². The highest BCUT2D eigenvalue weighted by molar-refractivity contribution is 4.77. The summed E-state index contributed by atoms with van der Waals surface area (Å²) in [6.45, 7) is 10.3. The lowest BCUT2D eigenvalue weighted by Gasteiger charge is -2.28. The molecule has 2 atom stereocenters. The molecule has 120 valence electrons. The summed E-state index contributed by atoms with van der Waals surface area (Å²) in [6.07, 6.45) is 12.2. The third kappa shape index (κ3) is 7.08. The molecule has 3 N–H and O–H groups in total. The molecule has 0 aromatic heterocycles. The molecule has 2 nitrogen and oxygen atoms in total. The molecule has 0 amide bonds. The molecule has 0 heterocycles. The van der Waals surface area contributed by atoms with Crippen molar-refractivity contribution in [3.05, 3.63) is 0 Å². The molecule has 0 aromatic rings. The number of unbranched alkanes of at least 4 members (excludes halogenated alkanes) is 2. The standard InChI is InChI=1S/C18H38N2/c1-15(18(2,3)4)20-14-10-6-9-13-17(19)16-11-7-5-8-12-16/h15-17,20H,5-14,19H2,1-4H3. The van der Waals surface area contributed by atoms with Crippen molar-refractivity contribution in [3.63, 3.8) is 0 Å². The van der Waals surface area contributed by atoms with Crippen LogP contribution in [0, 0.1) is 11.3 Å². The van der Waals surface area contributed by atoms with Gasteiger partial charge in [0, 0.05) is 12.1 Å². The van der Waals surface area contributed by atoms with Crippen molar-refractivity contribution in [1.29, 1.82) is 0 Å². The summed E-state index contributed by atoms with van der Waals surface area (Å²) in [7, 11) is 0. The zero-order valence-corrected chi connectivity index (χ0v) is 14.4. The van der Waals surface area contributed by atoms with E-state index >= 15 is 0 Å². The van der Waals surface area contributed by atoms with Crippen LogP contribution in [0.2, 0.25) is 0 Å². The van der Waals surface area contributed by atoms with Crippen LogP contribution in [0.25, 0.3) is 0 Å². The van der Waals surface area contributed by atoms with Gasteiger partial charge in [0.05, 0.1) is 0 Å². The van der Waals surface area contributed by atoms with E-state index in [2.05, 4.69) is 33.0 Å². The van der Waals surface area contributed by atoms with Gasteiger partial charge in [0.15, 0.2) is 0 Å². The normalized spacial score (nSPS) is 20.9. The first-order chi connectivity index (χ1) is 9.41. The smallest absolute Gasteiger partial charge is 0.00872 e. The first-order valence-corrected chi connectivity index (χ1v) is 8.90. The lowest BCUT2D eigenvalue weighted by molar-refractivity contribution is 0.280. The van der Waals surface area contributed by atoms with Crippen LogP contribution >= 0.6 is 0 Å². The van der Waals surface area contributed by atoms with Gasteiger partial charge in [-0.3, -0.25) is 0 Å². The fraction of sp³-hybridized carbons (Fsp3) is 1.00. The maximum Gasteiger partial charge on any atom is 0.00872 e. The van der Waals surface area contributed by atoms with Crippen LogP contribution in [0.15, 0.2) is 0 Å². The topological polar surface area (TPSA) is 38.0 Å². The molecule has 0 spiro atoms. The van der Waals surface area contributed by atoms with E-state index in [1.165, 1.54) is 57.8 Å². The molecule has 2 unspecified atom stereocenters. The highest BCUT2D eigenvalue weighted by Gasteiger charge is 2.20. The lowest BCUT2D eigenvalue weighted by Crippen LogP contribution is -2.38. The Morgan fingerprint density at radius 2 is 1.70 bits per heavy atom. The average molecular weight is 283 g/mol. The van der Waals surface area contributed by atoms with E-state index in [1.807, 2.05) is 0 Å². The van der Waals surface area contributed by atoms with E-state index in [9.17, 15) is 0 Å². The summed E-state index contributed by atoms with van der Waals surface area (Å²) >= 11 is 0. The second kappa shape index (κ2) is 9.04. The fourth-order valence-corrected chi connectivity index (χ4v) is 3.10. The molecule has 1 aliphatic carbocycles. The van der Waals surface area contributed by atoms with Gasteiger partial charge in [0.25, 0.3) is 0 Å². The van der Waals surface area contributed by atoms with E-state index < -0.39 is 0 Å². The van der Waals surface area contributed by atoms with Gasteiger partial charge in [-0.1, -0.05) is 52.9 Å². The van der Waals surface area contributed by atoms with Gasteiger partial charge >= 0.3 is 0 Å². The average Bonchev–Trinajstić information content (AvgIpc) is 2.42. The summed E-state index contributed by atoms with van der Waals surface area (Å²) in [5, 5.41) is 3.64. The number of hydrogen-bond acceptors (Lipinski definition) is 2. The number of rotatable bonds is 8. The quantitative estimate of drug-likeness (QED) is 0.644. The van der Waals surface area contributed by atoms with Crippen LogP contribution in [-0.2, 0) is 0 Å². The van der Waals surface area contributed by atoms with Crippen molar-refractivity contribution >= 4 is 0 Å². The van der Waals surface area contributed by atoms with Crippen LogP contribution in [0.5, 0.6) is 0 Å². The van der Waals surface area contributed by atoms with Crippen molar-refractivity contribution in [3.8, 4) is 0 Å². The predicted molar refractivity (Wildman–Crippen MR) is 89.9 cm³/mol. The molecule has 1 rings (SSSR count). The minimum absolute atomic E-state index is 0.364. The molecule has 0 saturated heterocycles. The highest BCUT2D eigenvalue weighted by Crippen LogP contribution is 2.27. The van der Waals surface area contributed by atoms with Crippen molar-refractivity contribution in [2.45, 2.75) is 97.6 Å². The van der Waals surface area contributed by atoms with E-state index in [4.69, 9.17) is 5.73 Å². The van der Waals surface area contributed by atoms with Gasteiger partial charge in [-0.15, -0.1) is 0 Å². The second-order valence-corrected chi connectivity index (χ2v) is 7.95. The highest BCUT2D eigenvalue weighted by atomic mass is 14.9. The van der Waals surface area contributed by atoms with Crippen molar-refractivity contribution in [2.75, 3.05) is 6.54 Å². The van der Waals surface area contributed by atoms with E-state index in [0.717, 1.165) is 12.5 Å². The van der Waals surface area contributed by atoms with Gasteiger partial charge < -0.3 is 11.1 Å². The molecule has 0 aromatic carbocycles. The summed E-state index contributed by atoms with van der Waals surface area (Å²) in [6, 6.07) is 1.06. The molecule has 0 bridgehead atoms. The lowest BCUT2D eigenvalue weighted by atomic mass is 9.82. The van der Waals surface area contributed by atoms with E-state index in [0.29, 0.717) is 17.5 Å². The molecule has 0 radical (unpaired) electrons. The number of nitrogens with one attached hydrogen (secondary N) is 1. The number of nitrogens with two attached hydrogens (primary N) is 1. The van der Waals surface area contributed by atoms with Crippen LogP contribution in [0.4, 0.5) is 0 Å².